The number of benzene rings is 2. The number of ether oxygens (including phenoxy) is 1. The maximum Gasteiger partial charge on any atom is 0.253 e. The third kappa shape index (κ3) is 2.03. The van der Waals surface area contributed by atoms with Gasteiger partial charge < -0.3 is 10.1 Å². The molecule has 0 aliphatic carbocycles. The summed E-state index contributed by atoms with van der Waals surface area (Å²) in [5, 5.41) is 6.19. The Hall–Kier alpha value is -3.09. The minimum Gasteiger partial charge on any atom is -0.497 e. The summed E-state index contributed by atoms with van der Waals surface area (Å²) in [6, 6.07) is 11.7. The van der Waals surface area contributed by atoms with Crippen molar-refractivity contribution in [1.82, 2.24) is 19.6 Å². The van der Waals surface area contributed by atoms with Crippen LogP contribution < -0.4 is 10.1 Å². The number of hydrogen-bond donors (Lipinski definition) is 2. The Balaban J connectivity index is 1.73. The van der Waals surface area contributed by atoms with E-state index in [1.54, 1.807) is 23.8 Å². The fourth-order valence-electron chi connectivity index (χ4n) is 2.32. The Kier molecular flexibility index (Phi) is 2.72. The highest BCUT2D eigenvalue weighted by Gasteiger charge is 2.10. The summed E-state index contributed by atoms with van der Waals surface area (Å²) in [7, 11) is 1.62. The molecule has 0 fully saturated rings. The van der Waals surface area contributed by atoms with Crippen LogP contribution in [0.4, 0.5) is 16.0 Å². The molecule has 4 aromatic rings. The molecule has 0 aliphatic heterocycles. The average molecular weight is 297 g/mol. The number of fused-ring (bicyclic) bond motifs is 3. The number of nitrogens with zero attached hydrogens (tertiary/aromatic N) is 3. The van der Waals surface area contributed by atoms with Crippen molar-refractivity contribution in [2.75, 3.05) is 12.4 Å². The molecule has 7 heteroatoms. The Labute approximate surface area is 124 Å². The molecule has 2 aromatic carbocycles. The third-order valence-corrected chi connectivity index (χ3v) is 3.38. The number of halogens is 1. The Bertz CT molecular complexity index is 957. The molecule has 0 amide bonds. The van der Waals surface area contributed by atoms with E-state index in [2.05, 4.69) is 20.4 Å². The number of methoxy groups -OCH3 is 1. The van der Waals surface area contributed by atoms with E-state index in [0.717, 1.165) is 22.5 Å². The Morgan fingerprint density at radius 2 is 1.95 bits per heavy atom. The van der Waals surface area contributed by atoms with Gasteiger partial charge in [0.25, 0.3) is 5.78 Å². The van der Waals surface area contributed by atoms with Gasteiger partial charge in [-0.3, -0.25) is 5.10 Å². The van der Waals surface area contributed by atoms with Gasteiger partial charge in [-0.25, -0.2) is 13.9 Å². The van der Waals surface area contributed by atoms with Crippen molar-refractivity contribution in [3.05, 3.63) is 48.3 Å². The highest BCUT2D eigenvalue weighted by molar-refractivity contribution is 5.81. The predicted octanol–water partition coefficient (Wildman–Crippen LogP) is 3.10. The molecule has 22 heavy (non-hydrogen) atoms. The normalized spacial score (nSPS) is 11.2. The second-order valence-electron chi connectivity index (χ2n) is 4.81. The molecule has 0 unspecified atom stereocenters. The summed E-state index contributed by atoms with van der Waals surface area (Å²) in [4.78, 5) is 8.81. The minimum absolute atomic E-state index is 0.278. The van der Waals surface area contributed by atoms with E-state index in [1.807, 2.05) is 18.2 Å². The molecule has 4 rings (SSSR count). The van der Waals surface area contributed by atoms with Crippen LogP contribution in [-0.2, 0) is 0 Å². The van der Waals surface area contributed by atoms with Gasteiger partial charge in [0.15, 0.2) is 0 Å². The quantitative estimate of drug-likeness (QED) is 0.610. The van der Waals surface area contributed by atoms with E-state index < -0.39 is 0 Å². The molecule has 110 valence electrons. The number of imidazole rings is 1. The zero-order valence-electron chi connectivity index (χ0n) is 11.7. The van der Waals surface area contributed by atoms with E-state index in [9.17, 15) is 4.39 Å². The highest BCUT2D eigenvalue weighted by Crippen LogP contribution is 2.22. The van der Waals surface area contributed by atoms with Crippen LogP contribution in [0.25, 0.3) is 16.8 Å². The van der Waals surface area contributed by atoms with E-state index in [1.165, 1.54) is 12.1 Å². The summed E-state index contributed by atoms with van der Waals surface area (Å²) in [5.74, 6) is 1.55. The summed E-state index contributed by atoms with van der Waals surface area (Å²) in [6.07, 6.45) is 0. The first kappa shape index (κ1) is 12.6. The number of aromatic amines is 1. The minimum atomic E-state index is -0.278. The maximum absolute atomic E-state index is 12.9. The molecule has 0 atom stereocenters. The maximum atomic E-state index is 12.9. The molecule has 2 aromatic heterocycles. The van der Waals surface area contributed by atoms with Crippen LogP contribution in [0.2, 0.25) is 0 Å². The van der Waals surface area contributed by atoms with Crippen LogP contribution in [-0.4, -0.2) is 26.7 Å². The third-order valence-electron chi connectivity index (χ3n) is 3.38. The first-order valence-electron chi connectivity index (χ1n) is 6.68. The van der Waals surface area contributed by atoms with Crippen molar-refractivity contribution in [1.29, 1.82) is 0 Å². The molecular formula is C15H12FN5O. The lowest BCUT2D eigenvalue weighted by Crippen LogP contribution is -1.93. The van der Waals surface area contributed by atoms with Crippen LogP contribution >= 0.6 is 0 Å². The molecule has 0 saturated carbocycles. The van der Waals surface area contributed by atoms with Gasteiger partial charge in [-0.1, -0.05) is 0 Å². The Morgan fingerprint density at radius 3 is 2.73 bits per heavy atom. The van der Waals surface area contributed by atoms with Crippen LogP contribution in [0, 0.1) is 5.82 Å². The van der Waals surface area contributed by atoms with Gasteiger partial charge in [-0.2, -0.15) is 4.98 Å². The molecule has 0 saturated heterocycles. The average Bonchev–Trinajstić information content (AvgIpc) is 3.05. The van der Waals surface area contributed by atoms with Crippen LogP contribution in [0.1, 0.15) is 0 Å². The van der Waals surface area contributed by atoms with E-state index >= 15 is 0 Å². The van der Waals surface area contributed by atoms with E-state index in [4.69, 9.17) is 4.74 Å². The van der Waals surface area contributed by atoms with Crippen molar-refractivity contribution < 1.29 is 9.13 Å². The van der Waals surface area contributed by atoms with Crippen molar-refractivity contribution >= 4 is 28.4 Å². The Morgan fingerprint density at radius 1 is 1.14 bits per heavy atom. The van der Waals surface area contributed by atoms with Gasteiger partial charge >= 0.3 is 0 Å². The van der Waals surface area contributed by atoms with Crippen molar-refractivity contribution in [3.63, 3.8) is 0 Å². The lowest BCUT2D eigenvalue weighted by Gasteiger charge is -2.01. The molecule has 6 nitrogen and oxygen atoms in total. The summed E-state index contributed by atoms with van der Waals surface area (Å²) in [5.41, 5.74) is 2.44. The monoisotopic (exact) mass is 297 g/mol. The standard InChI is InChI=1S/C15H12FN5O/c1-22-11-6-7-13-12(8-11)18-15-19-14(20-21(13)15)17-10-4-2-9(16)3-5-10/h2-8H,1H3,(H2,17,18,19,20). The van der Waals surface area contributed by atoms with Crippen LogP contribution in [0.15, 0.2) is 42.5 Å². The smallest absolute Gasteiger partial charge is 0.253 e. The molecule has 2 N–H and O–H groups in total. The fourth-order valence-corrected chi connectivity index (χ4v) is 2.32. The lowest BCUT2D eigenvalue weighted by atomic mass is 10.3. The molecule has 0 spiro atoms. The zero-order chi connectivity index (χ0) is 15.1. The second kappa shape index (κ2) is 4.73. The largest absolute Gasteiger partial charge is 0.497 e. The van der Waals surface area contributed by atoms with Gasteiger partial charge in [0.05, 0.1) is 18.1 Å². The van der Waals surface area contributed by atoms with Gasteiger partial charge in [0.2, 0.25) is 5.95 Å². The van der Waals surface area contributed by atoms with E-state index in [0.29, 0.717) is 11.7 Å². The number of aromatic nitrogens is 4. The summed E-state index contributed by atoms with van der Waals surface area (Å²) < 4.78 is 19.9. The van der Waals surface area contributed by atoms with Gasteiger partial charge in [0, 0.05) is 11.8 Å². The first-order valence-corrected chi connectivity index (χ1v) is 6.68. The predicted molar refractivity (Wildman–Crippen MR) is 81.1 cm³/mol. The van der Waals surface area contributed by atoms with Gasteiger partial charge in [-0.05, 0) is 36.4 Å². The molecule has 0 radical (unpaired) electrons. The second-order valence-corrected chi connectivity index (χ2v) is 4.81. The van der Waals surface area contributed by atoms with Crippen molar-refractivity contribution in [2.24, 2.45) is 0 Å². The van der Waals surface area contributed by atoms with Crippen LogP contribution in [0.3, 0.4) is 0 Å². The number of nitrogens with one attached hydrogen (secondary N) is 2. The van der Waals surface area contributed by atoms with Crippen LogP contribution in [0.5, 0.6) is 5.75 Å². The summed E-state index contributed by atoms with van der Waals surface area (Å²) in [6.45, 7) is 0. The number of rotatable bonds is 3. The molecular weight excluding hydrogens is 285 g/mol. The van der Waals surface area contributed by atoms with Crippen molar-refractivity contribution in [3.8, 4) is 5.75 Å². The lowest BCUT2D eigenvalue weighted by molar-refractivity contribution is 0.415. The number of H-pyrrole nitrogens is 1. The van der Waals surface area contributed by atoms with Gasteiger partial charge in [-0.15, -0.1) is 0 Å². The molecule has 2 heterocycles. The molecule has 0 bridgehead atoms. The van der Waals surface area contributed by atoms with E-state index in [-0.39, 0.29) is 5.82 Å². The fraction of sp³-hybridized carbons (Fsp3) is 0.0667. The summed E-state index contributed by atoms with van der Waals surface area (Å²) >= 11 is 0. The van der Waals surface area contributed by atoms with Crippen molar-refractivity contribution in [2.45, 2.75) is 0 Å². The SMILES string of the molecule is COc1ccc2c(c1)nc1nc(Nc3ccc(F)cc3)[nH]n12. The number of hydrogen-bond acceptors (Lipinski definition) is 4. The number of anilines is 2. The molecule has 0 aliphatic rings. The highest BCUT2D eigenvalue weighted by atomic mass is 19.1. The topological polar surface area (TPSA) is 67.2 Å². The first-order chi connectivity index (χ1) is 10.7. The van der Waals surface area contributed by atoms with Gasteiger partial charge in [0.1, 0.15) is 11.6 Å². The zero-order valence-corrected chi connectivity index (χ0v) is 11.7.